The summed E-state index contributed by atoms with van der Waals surface area (Å²) in [5, 5.41) is 0. The van der Waals surface area contributed by atoms with Crippen molar-refractivity contribution >= 4 is 17.9 Å². The molecule has 6 nitrogen and oxygen atoms in total. The van der Waals surface area contributed by atoms with Crippen LogP contribution in [0.4, 0.5) is 0 Å². The molecule has 0 aliphatic heterocycles. The van der Waals surface area contributed by atoms with E-state index in [1.165, 1.54) is 70.6 Å². The highest BCUT2D eigenvalue weighted by Crippen LogP contribution is 2.14. The van der Waals surface area contributed by atoms with Crippen LogP contribution in [0, 0.1) is 0 Å². The van der Waals surface area contributed by atoms with Gasteiger partial charge < -0.3 is 14.2 Å². The van der Waals surface area contributed by atoms with Crippen LogP contribution < -0.4 is 0 Å². The van der Waals surface area contributed by atoms with E-state index >= 15 is 0 Å². The fourth-order valence-electron chi connectivity index (χ4n) is 8.17. The maximum Gasteiger partial charge on any atom is 0.306 e. The van der Waals surface area contributed by atoms with E-state index in [0.717, 1.165) is 148 Å². The molecular weight excluding hydrogens is 949 g/mol. The molecule has 1 unspecified atom stereocenters. The molecule has 0 aromatic carbocycles. The highest BCUT2D eigenvalue weighted by atomic mass is 16.6. The minimum Gasteiger partial charge on any atom is -0.462 e. The van der Waals surface area contributed by atoms with Gasteiger partial charge in [0.25, 0.3) is 0 Å². The van der Waals surface area contributed by atoms with Crippen molar-refractivity contribution in [1.29, 1.82) is 0 Å². The smallest absolute Gasteiger partial charge is 0.306 e. The van der Waals surface area contributed by atoms with Gasteiger partial charge in [-0.2, -0.15) is 0 Å². The lowest BCUT2D eigenvalue weighted by atomic mass is 10.1. The van der Waals surface area contributed by atoms with Crippen LogP contribution >= 0.6 is 0 Å². The lowest BCUT2D eigenvalue weighted by Crippen LogP contribution is -2.30. The van der Waals surface area contributed by atoms with Gasteiger partial charge in [0.05, 0.1) is 0 Å². The van der Waals surface area contributed by atoms with Crippen LogP contribution in [0.2, 0.25) is 0 Å². The van der Waals surface area contributed by atoms with Gasteiger partial charge in [-0.25, -0.2) is 0 Å². The monoisotopic (exact) mass is 1060 g/mol. The van der Waals surface area contributed by atoms with Crippen molar-refractivity contribution in [2.75, 3.05) is 13.2 Å². The first kappa shape index (κ1) is 72.3. The van der Waals surface area contributed by atoms with Gasteiger partial charge in [-0.3, -0.25) is 14.4 Å². The van der Waals surface area contributed by atoms with Crippen molar-refractivity contribution in [2.24, 2.45) is 0 Å². The summed E-state index contributed by atoms with van der Waals surface area (Å²) in [6, 6.07) is 0. The van der Waals surface area contributed by atoms with Gasteiger partial charge >= 0.3 is 17.9 Å². The number of unbranched alkanes of at least 4 members (excludes halogenated alkanes) is 20. The summed E-state index contributed by atoms with van der Waals surface area (Å²) >= 11 is 0. The lowest BCUT2D eigenvalue weighted by Gasteiger charge is -2.18. The fourth-order valence-corrected chi connectivity index (χ4v) is 8.17. The molecule has 0 spiro atoms. The quantitative estimate of drug-likeness (QED) is 0.0261. The van der Waals surface area contributed by atoms with Gasteiger partial charge in [-0.1, -0.05) is 250 Å². The number of esters is 3. The molecule has 0 heterocycles. The van der Waals surface area contributed by atoms with E-state index in [4.69, 9.17) is 14.2 Å². The molecular formula is C71H114O6. The van der Waals surface area contributed by atoms with Crippen LogP contribution in [-0.4, -0.2) is 37.2 Å². The largest absolute Gasteiger partial charge is 0.462 e. The van der Waals surface area contributed by atoms with E-state index in [2.05, 4.69) is 167 Å². The highest BCUT2D eigenvalue weighted by molar-refractivity contribution is 5.71. The fraction of sp³-hybridized carbons (Fsp3) is 0.620. The van der Waals surface area contributed by atoms with Crippen molar-refractivity contribution in [3.8, 4) is 0 Å². The molecule has 0 saturated heterocycles. The van der Waals surface area contributed by atoms with Crippen LogP contribution in [0.15, 0.2) is 146 Å². The maximum atomic E-state index is 12.9. The van der Waals surface area contributed by atoms with Gasteiger partial charge in [0, 0.05) is 19.3 Å². The molecule has 0 N–H and O–H groups in total. The summed E-state index contributed by atoms with van der Waals surface area (Å²) in [7, 11) is 0. The van der Waals surface area contributed by atoms with Crippen LogP contribution in [0.25, 0.3) is 0 Å². The Morgan fingerprint density at radius 2 is 0.506 bits per heavy atom. The summed E-state index contributed by atoms with van der Waals surface area (Å²) in [6.07, 6.45) is 91.3. The van der Waals surface area contributed by atoms with E-state index < -0.39 is 6.10 Å². The zero-order valence-electron chi connectivity index (χ0n) is 49.7. The lowest BCUT2D eigenvalue weighted by molar-refractivity contribution is -0.167. The molecule has 0 aliphatic rings. The molecule has 0 aliphatic carbocycles. The predicted octanol–water partition coefficient (Wildman–Crippen LogP) is 21.5. The Morgan fingerprint density at radius 1 is 0.273 bits per heavy atom. The van der Waals surface area contributed by atoms with E-state index in [0.29, 0.717) is 25.7 Å². The Labute approximate surface area is 474 Å². The van der Waals surface area contributed by atoms with Crippen LogP contribution in [0.5, 0.6) is 0 Å². The van der Waals surface area contributed by atoms with Crippen molar-refractivity contribution in [2.45, 2.75) is 271 Å². The van der Waals surface area contributed by atoms with Crippen molar-refractivity contribution in [3.63, 3.8) is 0 Å². The molecule has 434 valence electrons. The van der Waals surface area contributed by atoms with Gasteiger partial charge in [0.1, 0.15) is 13.2 Å². The Balaban J connectivity index is 4.48. The maximum absolute atomic E-state index is 12.9. The number of allylic oxidation sites excluding steroid dienone is 24. The predicted molar refractivity (Wildman–Crippen MR) is 334 cm³/mol. The van der Waals surface area contributed by atoms with E-state index in [1.807, 2.05) is 0 Å². The summed E-state index contributed by atoms with van der Waals surface area (Å²) in [6.45, 7) is 6.36. The number of carbonyl (C=O) groups excluding carboxylic acids is 3. The first-order valence-electron chi connectivity index (χ1n) is 31.3. The van der Waals surface area contributed by atoms with E-state index in [1.54, 1.807) is 0 Å². The van der Waals surface area contributed by atoms with Crippen LogP contribution in [0.3, 0.4) is 0 Å². The number of carbonyl (C=O) groups is 3. The van der Waals surface area contributed by atoms with E-state index in [9.17, 15) is 14.4 Å². The van der Waals surface area contributed by atoms with Gasteiger partial charge in [-0.05, 0) is 141 Å². The molecule has 0 bridgehead atoms. The second kappa shape index (κ2) is 63.8. The number of hydrogen-bond donors (Lipinski definition) is 0. The molecule has 0 aromatic heterocycles. The second-order valence-corrected chi connectivity index (χ2v) is 20.2. The minimum absolute atomic E-state index is 0.105. The van der Waals surface area contributed by atoms with E-state index in [-0.39, 0.29) is 31.1 Å². The Kier molecular flexibility index (Phi) is 59.9. The summed E-state index contributed by atoms with van der Waals surface area (Å²) in [4.78, 5) is 38.3. The molecule has 0 rings (SSSR count). The molecule has 77 heavy (non-hydrogen) atoms. The summed E-state index contributed by atoms with van der Waals surface area (Å²) < 4.78 is 16.9. The summed E-state index contributed by atoms with van der Waals surface area (Å²) in [5.41, 5.74) is 0. The highest BCUT2D eigenvalue weighted by Gasteiger charge is 2.19. The third kappa shape index (κ3) is 62.0. The van der Waals surface area contributed by atoms with Crippen LogP contribution in [-0.2, 0) is 28.6 Å². The number of ether oxygens (including phenoxy) is 3. The molecule has 1 atom stereocenters. The SMILES string of the molecule is CC/C=C\C/C=C\C/C=C\C/C=C\C/C=C\C/C=C\C/C=C\C/C=C\CCCCC(=O)OCC(COC(=O)CCCCCCC/C=C\CCCCCCCC)OC(=O)CCCCCCCCC/C=C\C/C=C\C/C=C\CC. The number of hydrogen-bond acceptors (Lipinski definition) is 6. The van der Waals surface area contributed by atoms with Crippen molar-refractivity contribution in [3.05, 3.63) is 146 Å². The molecule has 0 fully saturated rings. The Morgan fingerprint density at radius 3 is 0.831 bits per heavy atom. The van der Waals surface area contributed by atoms with Gasteiger partial charge in [-0.15, -0.1) is 0 Å². The Hall–Kier alpha value is -4.71. The first-order chi connectivity index (χ1) is 38.0. The third-order valence-electron chi connectivity index (χ3n) is 12.8. The normalized spacial score (nSPS) is 13.1. The average molecular weight is 1060 g/mol. The first-order valence-corrected chi connectivity index (χ1v) is 31.3. The molecule has 0 saturated carbocycles. The molecule has 0 radical (unpaired) electrons. The third-order valence-corrected chi connectivity index (χ3v) is 12.8. The minimum atomic E-state index is -0.812. The average Bonchev–Trinajstić information content (AvgIpc) is 3.43. The summed E-state index contributed by atoms with van der Waals surface area (Å²) in [5.74, 6) is -0.970. The van der Waals surface area contributed by atoms with Gasteiger partial charge in [0.15, 0.2) is 6.10 Å². The number of rotatable bonds is 55. The van der Waals surface area contributed by atoms with Crippen molar-refractivity contribution < 1.29 is 28.6 Å². The Bertz CT molecular complexity index is 1700. The molecule has 0 amide bonds. The molecule has 0 aromatic rings. The van der Waals surface area contributed by atoms with Crippen LogP contribution in [0.1, 0.15) is 265 Å². The van der Waals surface area contributed by atoms with Crippen molar-refractivity contribution in [1.82, 2.24) is 0 Å². The van der Waals surface area contributed by atoms with Gasteiger partial charge in [0.2, 0.25) is 0 Å². The topological polar surface area (TPSA) is 78.9 Å². The zero-order chi connectivity index (χ0) is 55.7. The second-order valence-electron chi connectivity index (χ2n) is 20.2. The molecule has 6 heteroatoms. The standard InChI is InChI=1S/C71H114O6/c1-4-7-10-13-16-19-22-25-28-30-31-32-33-34-35-36-37-38-39-41-43-46-49-52-55-58-61-64-70(73)76-67-68(66-75-69(72)63-60-57-54-51-48-45-42-27-24-21-18-15-12-9-6-3)77-71(74)65-62-59-56-53-50-47-44-40-29-26-23-20-17-14-11-8-5-2/h7-8,10-11,16-17,19-20,25-29,31-32,34-35,37-38,41-43,49,52,68H,4-6,9,12-15,18,21-24,30,33,36,39-40,44-48,50-51,53-67H2,1-3H3/b10-7-,11-8-,19-16-,20-17-,28-25-,29-26-,32-31-,35-34-,38-37-,42-27-,43-41-,52-49-. The zero-order valence-corrected chi connectivity index (χ0v) is 49.7.